The van der Waals surface area contributed by atoms with Crippen LogP contribution in [0.25, 0.3) is 0 Å². The zero-order valence-electron chi connectivity index (χ0n) is 11.0. The molecule has 2 aliphatic heterocycles. The molecule has 100 valence electrons. The van der Waals surface area contributed by atoms with E-state index in [1.807, 2.05) is 41.4 Å². The SMILES string of the molecule is OC1=C2CCc3ccccc3N2NN1c1ccccc1. The van der Waals surface area contributed by atoms with Gasteiger partial charge in [0.1, 0.15) is 0 Å². The lowest BCUT2D eigenvalue weighted by atomic mass is 10.0. The Morgan fingerprint density at radius 3 is 2.45 bits per heavy atom. The Hall–Kier alpha value is -2.46. The van der Waals surface area contributed by atoms with Crippen molar-refractivity contribution in [2.24, 2.45) is 0 Å². The van der Waals surface area contributed by atoms with Crippen molar-refractivity contribution in [1.29, 1.82) is 0 Å². The van der Waals surface area contributed by atoms with Gasteiger partial charge in [0, 0.05) is 0 Å². The number of hydrogen-bond donors (Lipinski definition) is 2. The second kappa shape index (κ2) is 4.28. The molecule has 0 spiro atoms. The normalized spacial score (nSPS) is 17.2. The maximum absolute atomic E-state index is 10.5. The number of aliphatic hydroxyl groups is 1. The summed E-state index contributed by atoms with van der Waals surface area (Å²) in [5.74, 6) is 0.283. The number of hydrogen-bond acceptors (Lipinski definition) is 4. The van der Waals surface area contributed by atoms with Gasteiger partial charge in [0.2, 0.25) is 5.88 Å². The minimum atomic E-state index is 0.283. The van der Waals surface area contributed by atoms with Crippen LogP contribution < -0.4 is 15.6 Å². The average Bonchev–Trinajstić information content (AvgIpc) is 2.86. The highest BCUT2D eigenvalue weighted by atomic mass is 16.3. The predicted octanol–water partition coefficient (Wildman–Crippen LogP) is 3.11. The van der Waals surface area contributed by atoms with Crippen LogP contribution in [0.3, 0.4) is 0 Å². The average molecular weight is 265 g/mol. The summed E-state index contributed by atoms with van der Waals surface area (Å²) in [6, 6.07) is 18.1. The summed E-state index contributed by atoms with van der Waals surface area (Å²) in [6.07, 6.45) is 1.79. The molecule has 0 amide bonds. The summed E-state index contributed by atoms with van der Waals surface area (Å²) in [4.78, 5) is 0. The van der Waals surface area contributed by atoms with Crippen LogP contribution >= 0.6 is 0 Å². The van der Waals surface area contributed by atoms with Crippen molar-refractivity contribution in [3.63, 3.8) is 0 Å². The second-order valence-corrected chi connectivity index (χ2v) is 5.01. The minimum Gasteiger partial charge on any atom is -0.492 e. The molecule has 0 bridgehead atoms. The van der Waals surface area contributed by atoms with Gasteiger partial charge in [-0.25, -0.2) is 5.01 Å². The molecule has 4 nitrogen and oxygen atoms in total. The molecular formula is C16H15N3O. The fraction of sp³-hybridized carbons (Fsp3) is 0.125. The number of nitrogens with zero attached hydrogens (tertiary/aromatic N) is 2. The molecule has 0 atom stereocenters. The highest BCUT2D eigenvalue weighted by Gasteiger charge is 2.34. The van der Waals surface area contributed by atoms with Gasteiger partial charge < -0.3 is 5.11 Å². The van der Waals surface area contributed by atoms with E-state index < -0.39 is 0 Å². The molecule has 20 heavy (non-hydrogen) atoms. The van der Waals surface area contributed by atoms with E-state index in [1.54, 1.807) is 5.01 Å². The van der Waals surface area contributed by atoms with E-state index in [4.69, 9.17) is 0 Å². The predicted molar refractivity (Wildman–Crippen MR) is 79.0 cm³/mol. The zero-order valence-corrected chi connectivity index (χ0v) is 11.0. The molecule has 0 saturated heterocycles. The molecule has 0 fully saturated rings. The summed E-state index contributed by atoms with van der Waals surface area (Å²) in [7, 11) is 0. The Morgan fingerprint density at radius 1 is 0.850 bits per heavy atom. The van der Waals surface area contributed by atoms with Gasteiger partial charge in [0.15, 0.2) is 0 Å². The van der Waals surface area contributed by atoms with Crippen LogP contribution in [0.1, 0.15) is 12.0 Å². The van der Waals surface area contributed by atoms with Gasteiger partial charge in [-0.15, -0.1) is 5.53 Å². The lowest BCUT2D eigenvalue weighted by Crippen LogP contribution is -2.43. The number of aryl methyl sites for hydroxylation is 1. The number of allylic oxidation sites excluding steroid dienone is 1. The van der Waals surface area contributed by atoms with Crippen LogP contribution in [0.2, 0.25) is 0 Å². The fourth-order valence-corrected chi connectivity index (χ4v) is 2.81. The van der Waals surface area contributed by atoms with E-state index in [-0.39, 0.29) is 5.88 Å². The largest absolute Gasteiger partial charge is 0.492 e. The number of rotatable bonds is 1. The third kappa shape index (κ3) is 1.58. The second-order valence-electron chi connectivity index (χ2n) is 5.01. The van der Waals surface area contributed by atoms with Crippen molar-refractivity contribution >= 4 is 11.4 Å². The number of fused-ring (bicyclic) bond motifs is 3. The number of hydrazine groups is 2. The first-order valence-electron chi connectivity index (χ1n) is 6.76. The van der Waals surface area contributed by atoms with E-state index in [0.717, 1.165) is 29.9 Å². The Balaban J connectivity index is 1.77. The van der Waals surface area contributed by atoms with Crippen LogP contribution in [0.5, 0.6) is 0 Å². The van der Waals surface area contributed by atoms with Crippen molar-refractivity contribution in [3.05, 3.63) is 71.7 Å². The molecule has 0 aromatic heterocycles. The Bertz CT molecular complexity index is 681. The van der Waals surface area contributed by atoms with Crippen LogP contribution in [0.4, 0.5) is 11.4 Å². The summed E-state index contributed by atoms with van der Waals surface area (Å²) in [5, 5.41) is 14.2. The monoisotopic (exact) mass is 265 g/mol. The zero-order chi connectivity index (χ0) is 13.5. The summed E-state index contributed by atoms with van der Waals surface area (Å²) in [5.41, 5.74) is 7.51. The Morgan fingerprint density at radius 2 is 1.60 bits per heavy atom. The third-order valence-electron chi connectivity index (χ3n) is 3.82. The smallest absolute Gasteiger partial charge is 0.229 e. The molecular weight excluding hydrogens is 250 g/mol. The molecule has 0 radical (unpaired) electrons. The molecule has 0 aliphatic carbocycles. The standard InChI is InChI=1S/C16H15N3O/c20-16-15-11-10-12-6-4-5-9-14(12)19(15)17-18(16)13-7-2-1-3-8-13/h1-9,17,20H,10-11H2. The highest BCUT2D eigenvalue weighted by molar-refractivity contribution is 5.65. The summed E-state index contributed by atoms with van der Waals surface area (Å²) in [6.45, 7) is 0. The Kier molecular flexibility index (Phi) is 2.44. The molecule has 2 N–H and O–H groups in total. The molecule has 2 aromatic carbocycles. The minimum absolute atomic E-state index is 0.283. The van der Waals surface area contributed by atoms with E-state index in [1.165, 1.54) is 5.56 Å². The van der Waals surface area contributed by atoms with Crippen LogP contribution in [0, 0.1) is 0 Å². The summed E-state index contributed by atoms with van der Waals surface area (Å²) < 4.78 is 0. The molecule has 4 heteroatoms. The van der Waals surface area contributed by atoms with Crippen molar-refractivity contribution in [3.8, 4) is 0 Å². The number of nitrogens with one attached hydrogen (secondary N) is 1. The number of aliphatic hydroxyl groups excluding tert-OH is 1. The number of para-hydroxylation sites is 2. The maximum Gasteiger partial charge on any atom is 0.229 e. The van der Waals surface area contributed by atoms with Gasteiger partial charge in [0.25, 0.3) is 0 Å². The van der Waals surface area contributed by atoms with Crippen LogP contribution in [-0.2, 0) is 6.42 Å². The van der Waals surface area contributed by atoms with Gasteiger partial charge in [0.05, 0.1) is 17.1 Å². The van der Waals surface area contributed by atoms with Crippen LogP contribution in [-0.4, -0.2) is 5.11 Å². The van der Waals surface area contributed by atoms with Crippen LogP contribution in [0.15, 0.2) is 66.2 Å². The fourth-order valence-electron chi connectivity index (χ4n) is 2.81. The summed E-state index contributed by atoms with van der Waals surface area (Å²) >= 11 is 0. The molecule has 2 aromatic rings. The van der Waals surface area contributed by atoms with E-state index >= 15 is 0 Å². The molecule has 2 heterocycles. The lowest BCUT2D eigenvalue weighted by Gasteiger charge is -2.29. The van der Waals surface area contributed by atoms with Crippen molar-refractivity contribution in [2.45, 2.75) is 12.8 Å². The topological polar surface area (TPSA) is 38.7 Å². The van der Waals surface area contributed by atoms with E-state index in [0.29, 0.717) is 0 Å². The highest BCUT2D eigenvalue weighted by Crippen LogP contribution is 2.37. The first-order chi connectivity index (χ1) is 9.84. The van der Waals surface area contributed by atoms with Gasteiger partial charge in [-0.2, -0.15) is 0 Å². The van der Waals surface area contributed by atoms with Gasteiger partial charge in [-0.05, 0) is 36.6 Å². The number of benzene rings is 2. The third-order valence-corrected chi connectivity index (χ3v) is 3.82. The van der Waals surface area contributed by atoms with Crippen molar-refractivity contribution in [2.75, 3.05) is 10.0 Å². The molecule has 0 saturated carbocycles. The van der Waals surface area contributed by atoms with Gasteiger partial charge >= 0.3 is 0 Å². The first kappa shape index (κ1) is 11.4. The first-order valence-corrected chi connectivity index (χ1v) is 6.76. The molecule has 2 aliphatic rings. The Labute approximate surface area is 117 Å². The number of anilines is 2. The van der Waals surface area contributed by atoms with Gasteiger partial charge in [-0.1, -0.05) is 36.4 Å². The molecule has 4 rings (SSSR count). The quantitative estimate of drug-likeness (QED) is 0.831. The lowest BCUT2D eigenvalue weighted by molar-refractivity contribution is 0.386. The van der Waals surface area contributed by atoms with Crippen molar-refractivity contribution < 1.29 is 5.11 Å². The maximum atomic E-state index is 10.5. The van der Waals surface area contributed by atoms with E-state index in [9.17, 15) is 5.11 Å². The van der Waals surface area contributed by atoms with Crippen molar-refractivity contribution in [1.82, 2.24) is 5.53 Å². The molecule has 0 unspecified atom stereocenters. The van der Waals surface area contributed by atoms with E-state index in [2.05, 4.69) is 23.7 Å². The van der Waals surface area contributed by atoms with Gasteiger partial charge in [-0.3, -0.25) is 5.01 Å².